The number of benzene rings is 2. The smallest absolute Gasteiger partial charge is 0.315 e. The van der Waals surface area contributed by atoms with E-state index in [0.717, 1.165) is 35.5 Å². The highest BCUT2D eigenvalue weighted by Gasteiger charge is 2.34. The van der Waals surface area contributed by atoms with E-state index in [-0.39, 0.29) is 17.9 Å². The predicted molar refractivity (Wildman–Crippen MR) is 94.7 cm³/mol. The molecular weight excluding hydrogens is 335 g/mol. The predicted octanol–water partition coefficient (Wildman–Crippen LogP) is 3.55. The van der Waals surface area contributed by atoms with Crippen LogP contribution in [0.4, 0.5) is 9.18 Å². The first-order chi connectivity index (χ1) is 12.7. The molecule has 0 saturated heterocycles. The van der Waals surface area contributed by atoms with Crippen molar-refractivity contribution in [3.8, 4) is 11.5 Å². The van der Waals surface area contributed by atoms with Gasteiger partial charge in [-0.3, -0.25) is 0 Å². The van der Waals surface area contributed by atoms with Gasteiger partial charge < -0.3 is 20.1 Å². The topological polar surface area (TPSA) is 59.6 Å². The molecule has 0 aromatic heterocycles. The van der Waals surface area contributed by atoms with Crippen LogP contribution >= 0.6 is 0 Å². The average Bonchev–Trinajstić information content (AvgIpc) is 3.50. The van der Waals surface area contributed by atoms with E-state index in [1.54, 1.807) is 12.1 Å². The number of ether oxygens (including phenoxy) is 2. The minimum atomic E-state index is -0.286. The molecule has 2 aliphatic rings. The molecule has 1 heterocycles. The number of rotatable bonds is 5. The van der Waals surface area contributed by atoms with Gasteiger partial charge in [-0.05, 0) is 54.2 Å². The standard InChI is InChI=1S/C20H21FN2O3/c21-16-6-1-13(2-7-16)12-22-20(24)23-19(14-3-4-14)15-5-8-17-18(11-15)26-10-9-25-17/h1-2,5-8,11,14,19H,3-4,9-10,12H2,(H2,22,23,24)/t19-/m1/s1. The number of fused-ring (bicyclic) bond motifs is 1. The zero-order valence-corrected chi connectivity index (χ0v) is 14.3. The summed E-state index contributed by atoms with van der Waals surface area (Å²) < 4.78 is 24.2. The Labute approximate surface area is 151 Å². The van der Waals surface area contributed by atoms with Crippen molar-refractivity contribution < 1.29 is 18.7 Å². The Balaban J connectivity index is 1.40. The molecule has 2 aromatic rings. The maximum Gasteiger partial charge on any atom is 0.315 e. The molecule has 1 fully saturated rings. The van der Waals surface area contributed by atoms with E-state index >= 15 is 0 Å². The fourth-order valence-electron chi connectivity index (χ4n) is 3.13. The van der Waals surface area contributed by atoms with E-state index < -0.39 is 0 Å². The van der Waals surface area contributed by atoms with E-state index in [9.17, 15) is 9.18 Å². The molecule has 136 valence electrons. The van der Waals surface area contributed by atoms with Gasteiger partial charge in [0.25, 0.3) is 0 Å². The minimum absolute atomic E-state index is 0.0564. The first-order valence-electron chi connectivity index (χ1n) is 8.87. The first kappa shape index (κ1) is 16.7. The van der Waals surface area contributed by atoms with Gasteiger partial charge in [0.1, 0.15) is 19.0 Å². The van der Waals surface area contributed by atoms with Crippen molar-refractivity contribution in [2.45, 2.75) is 25.4 Å². The summed E-state index contributed by atoms with van der Waals surface area (Å²) in [5, 5.41) is 5.90. The molecule has 26 heavy (non-hydrogen) atoms. The van der Waals surface area contributed by atoms with Gasteiger partial charge in [-0.25, -0.2) is 9.18 Å². The molecule has 2 amide bonds. The maximum absolute atomic E-state index is 12.9. The summed E-state index contributed by atoms with van der Waals surface area (Å²) in [6, 6.07) is 11.6. The van der Waals surface area contributed by atoms with Crippen molar-refractivity contribution in [1.82, 2.24) is 10.6 Å². The van der Waals surface area contributed by atoms with E-state index in [1.165, 1.54) is 12.1 Å². The highest BCUT2D eigenvalue weighted by Crippen LogP contribution is 2.43. The van der Waals surface area contributed by atoms with Crippen molar-refractivity contribution >= 4 is 6.03 Å². The van der Waals surface area contributed by atoms with Gasteiger partial charge in [0.2, 0.25) is 0 Å². The number of carbonyl (C=O) groups excluding carboxylic acids is 1. The largest absolute Gasteiger partial charge is 0.486 e. The fraction of sp³-hybridized carbons (Fsp3) is 0.350. The van der Waals surface area contributed by atoms with Gasteiger partial charge in [-0.15, -0.1) is 0 Å². The Morgan fingerprint density at radius 3 is 2.54 bits per heavy atom. The Hall–Kier alpha value is -2.76. The van der Waals surface area contributed by atoms with Crippen molar-refractivity contribution in [2.24, 2.45) is 5.92 Å². The van der Waals surface area contributed by atoms with Crippen LogP contribution in [-0.2, 0) is 6.54 Å². The highest BCUT2D eigenvalue weighted by molar-refractivity contribution is 5.74. The van der Waals surface area contributed by atoms with Crippen LogP contribution in [0.25, 0.3) is 0 Å². The molecule has 4 rings (SSSR count). The van der Waals surface area contributed by atoms with Crippen molar-refractivity contribution in [1.29, 1.82) is 0 Å². The van der Waals surface area contributed by atoms with Crippen LogP contribution in [-0.4, -0.2) is 19.2 Å². The number of urea groups is 1. The summed E-state index contributed by atoms with van der Waals surface area (Å²) in [6.45, 7) is 1.45. The van der Waals surface area contributed by atoms with Crippen molar-refractivity contribution in [3.05, 3.63) is 59.4 Å². The fourth-order valence-corrected chi connectivity index (χ4v) is 3.13. The van der Waals surface area contributed by atoms with Gasteiger partial charge in [-0.2, -0.15) is 0 Å². The number of halogens is 1. The van der Waals surface area contributed by atoms with E-state index in [0.29, 0.717) is 25.7 Å². The molecule has 0 unspecified atom stereocenters. The van der Waals surface area contributed by atoms with E-state index in [2.05, 4.69) is 10.6 Å². The first-order valence-corrected chi connectivity index (χ1v) is 8.87. The van der Waals surface area contributed by atoms with Crippen molar-refractivity contribution in [3.63, 3.8) is 0 Å². The lowest BCUT2D eigenvalue weighted by molar-refractivity contribution is 0.171. The molecule has 0 spiro atoms. The minimum Gasteiger partial charge on any atom is -0.486 e. The Kier molecular flexibility index (Phi) is 4.65. The second-order valence-electron chi connectivity index (χ2n) is 6.67. The number of hydrogen-bond acceptors (Lipinski definition) is 3. The molecule has 1 aliphatic heterocycles. The lowest BCUT2D eigenvalue weighted by Gasteiger charge is -2.23. The third-order valence-electron chi connectivity index (χ3n) is 4.67. The molecule has 2 aromatic carbocycles. The third kappa shape index (κ3) is 3.90. The zero-order valence-electron chi connectivity index (χ0n) is 14.3. The molecule has 0 bridgehead atoms. The molecule has 0 radical (unpaired) electrons. The second kappa shape index (κ2) is 7.23. The molecule has 1 aliphatic carbocycles. The van der Waals surface area contributed by atoms with Gasteiger partial charge >= 0.3 is 6.03 Å². The summed E-state index contributed by atoms with van der Waals surface area (Å²) in [4.78, 5) is 12.3. The van der Waals surface area contributed by atoms with Gasteiger partial charge in [0.05, 0.1) is 6.04 Å². The van der Waals surface area contributed by atoms with Crippen LogP contribution in [0.2, 0.25) is 0 Å². The van der Waals surface area contributed by atoms with Crippen LogP contribution in [0, 0.1) is 11.7 Å². The van der Waals surface area contributed by atoms with Crippen molar-refractivity contribution in [2.75, 3.05) is 13.2 Å². The molecule has 6 heteroatoms. The molecular formula is C20H21FN2O3. The Morgan fingerprint density at radius 1 is 1.08 bits per heavy atom. The summed E-state index contributed by atoms with van der Waals surface area (Å²) in [7, 11) is 0. The normalized spacial score (nSPS) is 16.7. The van der Waals surface area contributed by atoms with Crippen LogP contribution in [0.15, 0.2) is 42.5 Å². The monoisotopic (exact) mass is 356 g/mol. The Morgan fingerprint density at radius 2 is 1.81 bits per heavy atom. The summed E-state index contributed by atoms with van der Waals surface area (Å²) >= 11 is 0. The molecule has 5 nitrogen and oxygen atoms in total. The summed E-state index contributed by atoms with van der Waals surface area (Å²) in [5.41, 5.74) is 1.87. The highest BCUT2D eigenvalue weighted by atomic mass is 19.1. The molecule has 1 atom stereocenters. The van der Waals surface area contributed by atoms with E-state index in [4.69, 9.17) is 9.47 Å². The lowest BCUT2D eigenvalue weighted by atomic mass is 10.0. The van der Waals surface area contributed by atoms with Crippen LogP contribution in [0.1, 0.15) is 30.0 Å². The summed E-state index contributed by atoms with van der Waals surface area (Å²) in [5.74, 6) is 1.63. The van der Waals surface area contributed by atoms with Gasteiger partial charge in [0, 0.05) is 6.54 Å². The number of nitrogens with one attached hydrogen (secondary N) is 2. The van der Waals surface area contributed by atoms with Crippen LogP contribution in [0.3, 0.4) is 0 Å². The van der Waals surface area contributed by atoms with Crippen LogP contribution < -0.4 is 20.1 Å². The third-order valence-corrected chi connectivity index (χ3v) is 4.67. The van der Waals surface area contributed by atoms with Gasteiger partial charge in [-0.1, -0.05) is 18.2 Å². The second-order valence-corrected chi connectivity index (χ2v) is 6.67. The molecule has 2 N–H and O–H groups in total. The average molecular weight is 356 g/mol. The molecule has 1 saturated carbocycles. The number of hydrogen-bond donors (Lipinski definition) is 2. The Bertz CT molecular complexity index is 790. The SMILES string of the molecule is O=C(NCc1ccc(F)cc1)N[C@@H](c1ccc2c(c1)OCCO2)C1CC1. The zero-order chi connectivity index (χ0) is 17.9. The lowest BCUT2D eigenvalue weighted by Crippen LogP contribution is -2.38. The summed E-state index contributed by atoms with van der Waals surface area (Å²) in [6.07, 6.45) is 2.19. The van der Waals surface area contributed by atoms with Gasteiger partial charge in [0.15, 0.2) is 11.5 Å². The van der Waals surface area contributed by atoms with E-state index in [1.807, 2.05) is 18.2 Å². The number of amides is 2. The maximum atomic E-state index is 12.9. The van der Waals surface area contributed by atoms with Crippen LogP contribution in [0.5, 0.6) is 11.5 Å². The quantitative estimate of drug-likeness (QED) is 0.861. The number of carbonyl (C=O) groups is 1.